The fourth-order valence-electron chi connectivity index (χ4n) is 1.57. The lowest BCUT2D eigenvalue weighted by Gasteiger charge is -2.06. The number of carbonyl (C=O) groups is 2. The van der Waals surface area contributed by atoms with E-state index in [1.807, 2.05) is 14.2 Å². The molecule has 0 spiro atoms. The summed E-state index contributed by atoms with van der Waals surface area (Å²) in [5.74, 6) is -0.298. The number of rotatable bonds is 5. The Hall–Kier alpha value is -1.58. The molecule has 0 saturated heterocycles. The average Bonchev–Trinajstić information content (AvgIpc) is 2.34. The molecule has 1 aromatic rings. The van der Waals surface area contributed by atoms with Crippen LogP contribution < -0.4 is 0 Å². The molecule has 17 heavy (non-hydrogen) atoms. The molecule has 0 N–H and O–H groups in total. The molecule has 0 aliphatic heterocycles. The number of ether oxygens (including phenoxy) is 1. The van der Waals surface area contributed by atoms with Crippen molar-refractivity contribution < 1.29 is 14.3 Å². The van der Waals surface area contributed by atoms with Gasteiger partial charge in [-0.3, -0.25) is 4.79 Å². The van der Waals surface area contributed by atoms with E-state index in [-0.39, 0.29) is 11.8 Å². The van der Waals surface area contributed by atoms with Gasteiger partial charge in [-0.15, -0.1) is 0 Å². The van der Waals surface area contributed by atoms with Crippen molar-refractivity contribution in [3.63, 3.8) is 0 Å². The Balaban J connectivity index is 2.88. The van der Waals surface area contributed by atoms with E-state index in [0.717, 1.165) is 11.9 Å². The first-order valence-corrected chi connectivity index (χ1v) is 5.64. The summed E-state index contributed by atoms with van der Waals surface area (Å²) in [6.45, 7) is 3.80. The molecule has 0 atom stereocenters. The van der Waals surface area contributed by atoms with Crippen LogP contribution in [0.5, 0.6) is 0 Å². The van der Waals surface area contributed by atoms with Crippen LogP contribution in [-0.4, -0.2) is 26.1 Å². The Bertz CT molecular complexity index is 427. The molecule has 0 heterocycles. The van der Waals surface area contributed by atoms with Gasteiger partial charge in [0.05, 0.1) is 12.7 Å². The van der Waals surface area contributed by atoms with Gasteiger partial charge in [0.15, 0.2) is 5.78 Å². The lowest BCUT2D eigenvalue weighted by atomic mass is 9.69. The second kappa shape index (κ2) is 6.23. The smallest absolute Gasteiger partial charge is 0.338 e. The van der Waals surface area contributed by atoms with Crippen LogP contribution in [-0.2, 0) is 4.74 Å². The van der Waals surface area contributed by atoms with Crippen LogP contribution in [0.4, 0.5) is 0 Å². The first-order chi connectivity index (χ1) is 8.10. The van der Waals surface area contributed by atoms with Gasteiger partial charge in [-0.2, -0.15) is 0 Å². The maximum atomic E-state index is 11.8. The van der Waals surface area contributed by atoms with Gasteiger partial charge in [-0.05, 0) is 30.9 Å². The predicted molar refractivity (Wildman–Crippen MR) is 67.9 cm³/mol. The topological polar surface area (TPSA) is 43.4 Å². The second-order valence-corrected chi connectivity index (χ2v) is 3.85. The second-order valence-electron chi connectivity index (χ2n) is 3.85. The van der Waals surface area contributed by atoms with Gasteiger partial charge in [0.25, 0.3) is 0 Å². The molecular formula is C13H16BO3. The summed E-state index contributed by atoms with van der Waals surface area (Å²) >= 11 is 0. The quantitative estimate of drug-likeness (QED) is 0.444. The summed E-state index contributed by atoms with van der Waals surface area (Å²) in [5.41, 5.74) is 1.91. The van der Waals surface area contributed by atoms with Gasteiger partial charge in [0.1, 0.15) is 7.28 Å². The molecule has 0 amide bonds. The molecule has 0 aromatic heterocycles. The predicted octanol–water partition coefficient (Wildman–Crippen LogP) is 2.53. The zero-order valence-corrected chi connectivity index (χ0v) is 10.4. The van der Waals surface area contributed by atoms with Crippen molar-refractivity contribution in [2.45, 2.75) is 26.5 Å². The largest absolute Gasteiger partial charge is 0.465 e. The van der Waals surface area contributed by atoms with Gasteiger partial charge in [0.2, 0.25) is 0 Å². The number of esters is 1. The molecular weight excluding hydrogens is 215 g/mol. The third kappa shape index (κ3) is 3.44. The highest BCUT2D eigenvalue weighted by atomic mass is 16.5. The van der Waals surface area contributed by atoms with Gasteiger partial charge < -0.3 is 4.74 Å². The van der Waals surface area contributed by atoms with Crippen LogP contribution in [0.3, 0.4) is 0 Å². The molecule has 1 aromatic carbocycles. The maximum absolute atomic E-state index is 11.8. The van der Waals surface area contributed by atoms with E-state index in [1.165, 1.54) is 7.11 Å². The van der Waals surface area contributed by atoms with Crippen LogP contribution in [0.1, 0.15) is 33.2 Å². The molecule has 0 saturated carbocycles. The summed E-state index contributed by atoms with van der Waals surface area (Å²) in [6.07, 6.45) is 1.32. The Morgan fingerprint density at radius 1 is 1.35 bits per heavy atom. The molecule has 0 fully saturated rings. The number of ketones is 1. The number of methoxy groups -OCH3 is 1. The van der Waals surface area contributed by atoms with Crippen LogP contribution in [0.2, 0.25) is 12.6 Å². The first kappa shape index (κ1) is 13.5. The molecule has 0 unspecified atom stereocenters. The van der Waals surface area contributed by atoms with Crippen molar-refractivity contribution in [2.75, 3.05) is 7.11 Å². The number of carbonyl (C=O) groups excluding carboxylic acids is 2. The first-order valence-electron chi connectivity index (χ1n) is 5.64. The molecule has 0 aliphatic carbocycles. The van der Waals surface area contributed by atoms with E-state index in [0.29, 0.717) is 17.4 Å². The summed E-state index contributed by atoms with van der Waals surface area (Å²) in [7, 11) is 3.28. The fraction of sp³-hybridized carbons (Fsp3) is 0.385. The van der Waals surface area contributed by atoms with E-state index in [4.69, 9.17) is 0 Å². The van der Waals surface area contributed by atoms with Crippen LogP contribution in [0.25, 0.3) is 0 Å². The highest BCUT2D eigenvalue weighted by Crippen LogP contribution is 2.14. The molecule has 89 valence electrons. The molecule has 0 aliphatic rings. The highest BCUT2D eigenvalue weighted by molar-refractivity contribution is 6.42. The summed E-state index contributed by atoms with van der Waals surface area (Å²) in [6, 6.07) is 5.05. The summed E-state index contributed by atoms with van der Waals surface area (Å²) in [4.78, 5) is 23.1. The van der Waals surface area contributed by atoms with Gasteiger partial charge >= 0.3 is 5.97 Å². The minimum Gasteiger partial charge on any atom is -0.465 e. The minimum atomic E-state index is -0.374. The minimum absolute atomic E-state index is 0.0753. The lowest BCUT2D eigenvalue weighted by molar-refractivity contribution is 0.0599. The van der Waals surface area contributed by atoms with E-state index in [9.17, 15) is 9.59 Å². The lowest BCUT2D eigenvalue weighted by Crippen LogP contribution is -2.07. The van der Waals surface area contributed by atoms with Gasteiger partial charge in [-0.25, -0.2) is 4.79 Å². The zero-order chi connectivity index (χ0) is 12.8. The molecule has 1 radical (unpaired) electrons. The Morgan fingerprint density at radius 3 is 2.59 bits per heavy atom. The summed E-state index contributed by atoms with van der Waals surface area (Å²) in [5, 5.41) is 0. The zero-order valence-electron chi connectivity index (χ0n) is 10.4. The standard InChI is InChI=1S/C13H16BO3/c1-4-14-8-12(15)10-5-6-11(9(2)7-10)13(16)17-3/h5-7H,4,8H2,1-3H3. The van der Waals surface area contributed by atoms with Crippen molar-refractivity contribution in [2.24, 2.45) is 0 Å². The highest BCUT2D eigenvalue weighted by Gasteiger charge is 2.12. The van der Waals surface area contributed by atoms with Crippen molar-refractivity contribution in [3.8, 4) is 0 Å². The molecule has 4 heteroatoms. The van der Waals surface area contributed by atoms with Crippen LogP contribution in [0, 0.1) is 6.92 Å². The number of benzene rings is 1. The van der Waals surface area contributed by atoms with E-state index < -0.39 is 0 Å². The normalized spacial score (nSPS) is 9.82. The summed E-state index contributed by atoms with van der Waals surface area (Å²) < 4.78 is 4.65. The number of hydrogen-bond acceptors (Lipinski definition) is 3. The van der Waals surface area contributed by atoms with E-state index in [1.54, 1.807) is 25.1 Å². The molecule has 1 rings (SSSR count). The third-order valence-electron chi connectivity index (χ3n) is 2.57. The van der Waals surface area contributed by atoms with Crippen molar-refractivity contribution in [3.05, 3.63) is 34.9 Å². The maximum Gasteiger partial charge on any atom is 0.338 e. The number of aryl methyl sites for hydroxylation is 1. The Kier molecular flexibility index (Phi) is 4.95. The van der Waals surface area contributed by atoms with Crippen LogP contribution in [0.15, 0.2) is 18.2 Å². The van der Waals surface area contributed by atoms with Gasteiger partial charge in [0, 0.05) is 5.56 Å². The van der Waals surface area contributed by atoms with E-state index >= 15 is 0 Å². The monoisotopic (exact) mass is 231 g/mol. The van der Waals surface area contributed by atoms with Crippen molar-refractivity contribution in [1.29, 1.82) is 0 Å². The number of Topliss-reactive ketones (excluding diaryl/α,β-unsaturated/α-hetero) is 1. The third-order valence-corrected chi connectivity index (χ3v) is 2.57. The fourth-order valence-corrected chi connectivity index (χ4v) is 1.57. The van der Waals surface area contributed by atoms with Gasteiger partial charge in [-0.1, -0.05) is 19.3 Å². The van der Waals surface area contributed by atoms with Crippen molar-refractivity contribution >= 4 is 19.0 Å². The SMILES string of the molecule is CC[B]CC(=O)c1ccc(C(=O)OC)c(C)c1. The molecule has 3 nitrogen and oxygen atoms in total. The molecule has 0 bridgehead atoms. The number of hydrogen-bond donors (Lipinski definition) is 0. The Morgan fingerprint density at radius 2 is 2.06 bits per heavy atom. The van der Waals surface area contributed by atoms with E-state index in [2.05, 4.69) is 4.74 Å². The Labute approximate surface area is 102 Å². The van der Waals surface area contributed by atoms with Crippen LogP contribution >= 0.6 is 0 Å². The average molecular weight is 231 g/mol. The van der Waals surface area contributed by atoms with Crippen molar-refractivity contribution in [1.82, 2.24) is 0 Å².